The van der Waals surface area contributed by atoms with Gasteiger partial charge in [-0.1, -0.05) is 36.9 Å². The number of aromatic nitrogens is 3. The molecule has 2 aliphatic rings. The number of piperidine rings is 1. The largest absolute Gasteiger partial charge is 0.496 e. The Labute approximate surface area is 267 Å². The summed E-state index contributed by atoms with van der Waals surface area (Å²) in [5.74, 6) is 0.916. The van der Waals surface area contributed by atoms with Crippen LogP contribution in [0.4, 0.5) is 4.79 Å². The van der Waals surface area contributed by atoms with E-state index < -0.39 is 22.9 Å². The molecule has 244 valence electrons. The predicted octanol–water partition coefficient (Wildman–Crippen LogP) is 5.87. The first-order valence-electron chi connectivity index (χ1n) is 15.4. The van der Waals surface area contributed by atoms with Crippen LogP contribution in [-0.2, 0) is 21.6 Å². The average molecular weight is 641 g/mol. The summed E-state index contributed by atoms with van der Waals surface area (Å²) in [6.07, 6.45) is 3.23. The Morgan fingerprint density at radius 3 is 2.40 bits per heavy atom. The number of ether oxygens (including phenoxy) is 3. The van der Waals surface area contributed by atoms with Crippen LogP contribution in [-0.4, -0.2) is 57.0 Å². The van der Waals surface area contributed by atoms with E-state index in [1.165, 1.54) is 22.6 Å². The Morgan fingerprint density at radius 2 is 1.80 bits per heavy atom. The molecule has 0 radical (unpaired) electrons. The van der Waals surface area contributed by atoms with E-state index in [1.807, 2.05) is 72.7 Å². The summed E-state index contributed by atoms with van der Waals surface area (Å²) in [5, 5.41) is 0.344. The van der Waals surface area contributed by atoms with Gasteiger partial charge in [-0.15, -0.1) is 0 Å². The highest BCUT2D eigenvalue weighted by atomic mass is 32.2. The van der Waals surface area contributed by atoms with Crippen LogP contribution >= 0.6 is 11.8 Å². The van der Waals surface area contributed by atoms with E-state index in [-0.39, 0.29) is 35.5 Å². The van der Waals surface area contributed by atoms with Crippen LogP contribution in [0.3, 0.4) is 0 Å². The maximum absolute atomic E-state index is 14.3. The molecule has 5 rings (SSSR count). The molecule has 4 heterocycles. The fraction of sp³-hybridized carbons (Fsp3) is 0.576. The van der Waals surface area contributed by atoms with E-state index in [2.05, 4.69) is 4.98 Å². The number of amides is 1. The van der Waals surface area contributed by atoms with Crippen LogP contribution in [0.2, 0.25) is 0 Å². The molecule has 3 unspecified atom stereocenters. The summed E-state index contributed by atoms with van der Waals surface area (Å²) >= 11 is 1.43. The molecule has 3 atom stereocenters. The minimum absolute atomic E-state index is 0.155. The number of thioether (sulfide) groups is 1. The maximum Gasteiger partial charge on any atom is 0.410 e. The van der Waals surface area contributed by atoms with Crippen molar-refractivity contribution in [3.05, 3.63) is 74.6 Å². The van der Waals surface area contributed by atoms with Crippen molar-refractivity contribution in [2.24, 2.45) is 0 Å². The molecule has 0 aliphatic carbocycles. The summed E-state index contributed by atoms with van der Waals surface area (Å²) in [7, 11) is 1.61. The number of fused-ring (bicyclic) bond motifs is 1. The van der Waals surface area contributed by atoms with E-state index in [9.17, 15) is 14.4 Å². The number of hydrogen-bond donors (Lipinski definition) is 0. The van der Waals surface area contributed by atoms with Gasteiger partial charge in [-0.3, -0.25) is 13.9 Å². The monoisotopic (exact) mass is 640 g/mol. The van der Waals surface area contributed by atoms with Crippen molar-refractivity contribution in [1.82, 2.24) is 19.0 Å². The predicted molar refractivity (Wildman–Crippen MR) is 171 cm³/mol. The molecule has 0 N–H and O–H groups in total. The molecule has 1 fully saturated rings. The number of benzene rings is 1. The average Bonchev–Trinajstić information content (AvgIpc) is 3.61. The minimum atomic E-state index is -0.758. The van der Waals surface area contributed by atoms with Gasteiger partial charge in [-0.2, -0.15) is 0 Å². The van der Waals surface area contributed by atoms with Crippen molar-refractivity contribution >= 4 is 17.9 Å². The van der Waals surface area contributed by atoms with Gasteiger partial charge in [0.25, 0.3) is 5.56 Å². The van der Waals surface area contributed by atoms with Crippen LogP contribution in [0.5, 0.6) is 5.75 Å². The zero-order chi connectivity index (χ0) is 32.7. The minimum Gasteiger partial charge on any atom is -0.496 e. The fourth-order valence-corrected chi connectivity index (χ4v) is 7.46. The molecule has 45 heavy (non-hydrogen) atoms. The number of carbonyl (C=O) groups excluding carboxylic acids is 1. The van der Waals surface area contributed by atoms with Crippen molar-refractivity contribution in [2.75, 3.05) is 20.2 Å². The van der Waals surface area contributed by atoms with Crippen molar-refractivity contribution in [1.29, 1.82) is 0 Å². The summed E-state index contributed by atoms with van der Waals surface area (Å²) < 4.78 is 26.8. The van der Waals surface area contributed by atoms with Gasteiger partial charge in [-0.05, 0) is 60.5 Å². The van der Waals surface area contributed by atoms with Gasteiger partial charge in [0, 0.05) is 30.1 Å². The molecule has 1 aromatic carbocycles. The Bertz CT molecular complexity index is 1630. The first-order chi connectivity index (χ1) is 21.2. The molecular weight excluding hydrogens is 596 g/mol. The van der Waals surface area contributed by atoms with Crippen molar-refractivity contribution in [3.63, 3.8) is 0 Å². The molecule has 1 saturated heterocycles. The summed E-state index contributed by atoms with van der Waals surface area (Å²) in [5.41, 5.74) is -0.658. The third kappa shape index (κ3) is 6.86. The number of carbonyl (C=O) groups is 1. The summed E-state index contributed by atoms with van der Waals surface area (Å²) in [4.78, 5) is 47.0. The Balaban J connectivity index is 1.52. The Hall–Kier alpha value is -3.51. The van der Waals surface area contributed by atoms with Gasteiger partial charge in [-0.25, -0.2) is 14.6 Å². The lowest BCUT2D eigenvalue weighted by Gasteiger charge is -2.35. The van der Waals surface area contributed by atoms with E-state index in [4.69, 9.17) is 18.6 Å². The smallest absolute Gasteiger partial charge is 0.410 e. The fourth-order valence-electron chi connectivity index (χ4n) is 5.98. The molecule has 0 bridgehead atoms. The lowest BCUT2D eigenvalue weighted by molar-refractivity contribution is -0.0556. The molecule has 0 spiro atoms. The van der Waals surface area contributed by atoms with Gasteiger partial charge in [0.15, 0.2) is 0 Å². The standard InChI is InChI=1S/C33H44N4O7S/c1-20-25-28(38)37(32(2,3)4)30(39)36(29(25)45-26(20)27-34-15-18-42-27)19-24(22-11-9-10-12-23(22)41-8)43-21-13-16-35(17-14-21)31(40)44-33(5,6)7/h9-12,15,18,20-21,24,26H,13-14,16-17,19H2,1-8H3. The zero-order valence-corrected chi connectivity index (χ0v) is 28.2. The van der Waals surface area contributed by atoms with Crippen LogP contribution in [0.25, 0.3) is 0 Å². The second-order valence-corrected chi connectivity index (χ2v) is 14.8. The zero-order valence-electron chi connectivity index (χ0n) is 27.4. The molecule has 1 amide bonds. The molecule has 3 aromatic rings. The molecule has 0 saturated carbocycles. The van der Waals surface area contributed by atoms with Crippen LogP contribution < -0.4 is 16.0 Å². The van der Waals surface area contributed by atoms with Gasteiger partial charge in [0.05, 0.1) is 41.8 Å². The van der Waals surface area contributed by atoms with Gasteiger partial charge < -0.3 is 23.5 Å². The highest BCUT2D eigenvalue weighted by molar-refractivity contribution is 7.99. The quantitative estimate of drug-likeness (QED) is 0.292. The number of rotatable bonds is 7. The van der Waals surface area contributed by atoms with E-state index in [1.54, 1.807) is 22.8 Å². The van der Waals surface area contributed by atoms with Crippen LogP contribution in [0.15, 0.2) is 55.8 Å². The third-order valence-electron chi connectivity index (χ3n) is 8.13. The Kier molecular flexibility index (Phi) is 9.28. The van der Waals surface area contributed by atoms with Gasteiger partial charge in [0.2, 0.25) is 5.89 Å². The normalized spacial score (nSPS) is 19.8. The summed E-state index contributed by atoms with van der Waals surface area (Å²) in [6.45, 7) is 14.3. The topological polar surface area (TPSA) is 118 Å². The van der Waals surface area contributed by atoms with Crippen molar-refractivity contribution in [2.45, 2.75) is 107 Å². The van der Waals surface area contributed by atoms with E-state index >= 15 is 0 Å². The Morgan fingerprint density at radius 1 is 1.11 bits per heavy atom. The highest BCUT2D eigenvalue weighted by Gasteiger charge is 2.41. The van der Waals surface area contributed by atoms with Crippen LogP contribution in [0, 0.1) is 0 Å². The van der Waals surface area contributed by atoms with Gasteiger partial charge in [0.1, 0.15) is 23.7 Å². The lowest BCUT2D eigenvalue weighted by atomic mass is 9.99. The first kappa shape index (κ1) is 32.9. The van der Waals surface area contributed by atoms with Crippen molar-refractivity contribution in [3.8, 4) is 5.75 Å². The summed E-state index contributed by atoms with van der Waals surface area (Å²) in [6, 6.07) is 7.62. The molecule has 2 aliphatic heterocycles. The van der Waals surface area contributed by atoms with Gasteiger partial charge >= 0.3 is 11.8 Å². The number of oxazole rings is 1. The lowest BCUT2D eigenvalue weighted by Crippen LogP contribution is -2.50. The van der Waals surface area contributed by atoms with E-state index in [0.717, 1.165) is 5.56 Å². The first-order valence-corrected chi connectivity index (χ1v) is 16.3. The number of para-hydroxylation sites is 1. The van der Waals surface area contributed by atoms with E-state index in [0.29, 0.717) is 48.2 Å². The molecule has 2 aromatic heterocycles. The van der Waals surface area contributed by atoms with Crippen LogP contribution in [0.1, 0.15) is 95.6 Å². The highest BCUT2D eigenvalue weighted by Crippen LogP contribution is 2.52. The number of likely N-dealkylation sites (tertiary alicyclic amines) is 1. The maximum atomic E-state index is 14.3. The second kappa shape index (κ2) is 12.7. The second-order valence-electron chi connectivity index (χ2n) is 13.7. The molecule has 12 heteroatoms. The molecular formula is C33H44N4O7S. The SMILES string of the molecule is COc1ccccc1C(Cn1c2c(c(=O)n(C(C)(C)C)c1=O)C(C)C(c1ncco1)S2)OC1CCN(C(=O)OC(C)(C)C)CC1. The van der Waals surface area contributed by atoms with Crippen molar-refractivity contribution < 1.29 is 23.4 Å². The number of hydrogen-bond acceptors (Lipinski definition) is 9. The number of methoxy groups -OCH3 is 1. The molecule has 11 nitrogen and oxygen atoms in total. The number of nitrogens with zero attached hydrogens (tertiary/aromatic N) is 4. The third-order valence-corrected chi connectivity index (χ3v) is 9.66.